The molecule has 0 aliphatic heterocycles. The van der Waals surface area contributed by atoms with Crippen LogP contribution in [0.5, 0.6) is 0 Å². The Morgan fingerprint density at radius 1 is 0.468 bits per heavy atom. The summed E-state index contributed by atoms with van der Waals surface area (Å²) in [6, 6.07) is 17.6. The minimum Gasteiger partial charge on any atom is -0.324 e. The van der Waals surface area contributed by atoms with Gasteiger partial charge in [0.15, 0.2) is 11.6 Å². The molecule has 0 aromatic heterocycles. The Kier molecular flexibility index (Phi) is 15.9. The second-order valence-corrected chi connectivity index (χ2v) is 15.8. The zero-order valence-electron chi connectivity index (χ0n) is 32.7. The predicted molar refractivity (Wildman–Crippen MR) is 243 cm³/mol. The zero-order chi connectivity index (χ0) is 45.4. The van der Waals surface area contributed by atoms with E-state index in [9.17, 15) is 28.8 Å². The lowest BCUT2D eigenvalue weighted by molar-refractivity contribution is -0.127. The summed E-state index contributed by atoms with van der Waals surface area (Å²) in [5.74, 6) is -4.13. The van der Waals surface area contributed by atoms with Crippen molar-refractivity contribution in [2.24, 2.45) is 20.5 Å². The van der Waals surface area contributed by atoms with Gasteiger partial charge in [0.05, 0.1) is 41.5 Å². The van der Waals surface area contributed by atoms with Crippen molar-refractivity contribution in [1.29, 1.82) is 0 Å². The van der Waals surface area contributed by atoms with Gasteiger partial charge in [0, 0.05) is 22.5 Å². The average Bonchev–Trinajstić information content (AvgIpc) is 3.20. The molecule has 0 heterocycles. The van der Waals surface area contributed by atoms with Crippen molar-refractivity contribution < 1.29 is 28.8 Å². The van der Waals surface area contributed by atoms with Gasteiger partial charge in [0.2, 0.25) is 12.1 Å². The average molecular weight is 957 g/mol. The number of halogens is 6. The summed E-state index contributed by atoms with van der Waals surface area (Å²) in [6.45, 7) is 5.58. The number of carbonyl (C=O) groups excluding carboxylic acids is 6. The lowest BCUT2D eigenvalue weighted by Crippen LogP contribution is -2.32. The van der Waals surface area contributed by atoms with Gasteiger partial charge >= 0.3 is 0 Å². The summed E-state index contributed by atoms with van der Waals surface area (Å²) in [5.41, 5.74) is 2.09. The molecule has 20 heteroatoms. The number of amides is 4. The van der Waals surface area contributed by atoms with E-state index in [0.29, 0.717) is 11.1 Å². The first-order chi connectivity index (χ1) is 29.3. The van der Waals surface area contributed by atoms with Gasteiger partial charge in [-0.1, -0.05) is 81.7 Å². The molecule has 0 aliphatic carbocycles. The third-order valence-corrected chi connectivity index (χ3v) is 10.6. The fourth-order valence-corrected chi connectivity index (χ4v) is 6.73. The van der Waals surface area contributed by atoms with Crippen LogP contribution < -0.4 is 21.3 Å². The van der Waals surface area contributed by atoms with Gasteiger partial charge in [-0.25, -0.2) is 0 Å². The normalized spacial score (nSPS) is 12.2. The highest BCUT2D eigenvalue weighted by atomic mass is 35.5. The molecule has 4 N–H and O–H groups in total. The van der Waals surface area contributed by atoms with Gasteiger partial charge in [0.25, 0.3) is 23.6 Å². The lowest BCUT2D eigenvalue weighted by atomic mass is 10.1. The monoisotopic (exact) mass is 954 g/mol. The van der Waals surface area contributed by atoms with Gasteiger partial charge in [-0.15, -0.1) is 0 Å². The van der Waals surface area contributed by atoms with Crippen LogP contribution in [0.3, 0.4) is 0 Å². The van der Waals surface area contributed by atoms with Crippen molar-refractivity contribution in [3.63, 3.8) is 0 Å². The van der Waals surface area contributed by atoms with Crippen LogP contribution in [0, 0.1) is 13.8 Å². The second-order valence-electron chi connectivity index (χ2n) is 13.4. The molecule has 5 rings (SSSR count). The van der Waals surface area contributed by atoms with E-state index in [-0.39, 0.29) is 75.4 Å². The van der Waals surface area contributed by atoms with Crippen molar-refractivity contribution in [3.05, 3.63) is 137 Å². The maximum Gasteiger partial charge on any atom is 0.258 e. The van der Waals surface area contributed by atoms with Gasteiger partial charge in [-0.2, -0.15) is 20.5 Å². The Labute approximate surface area is 384 Å². The van der Waals surface area contributed by atoms with E-state index in [4.69, 9.17) is 69.6 Å². The Bertz CT molecular complexity index is 2490. The number of para-hydroxylation sites is 2. The molecule has 5 aromatic carbocycles. The molecular formula is C42H32Cl6N8O6. The summed E-state index contributed by atoms with van der Waals surface area (Å²) in [7, 11) is 0. The van der Waals surface area contributed by atoms with Crippen molar-refractivity contribution in [3.8, 4) is 0 Å². The Balaban J connectivity index is 1.27. The Morgan fingerprint density at radius 2 is 0.806 bits per heavy atom. The number of rotatable bonds is 14. The Morgan fingerprint density at radius 3 is 1.13 bits per heavy atom. The molecule has 0 fully saturated rings. The van der Waals surface area contributed by atoms with Crippen LogP contribution in [-0.4, -0.2) is 47.3 Å². The molecule has 2 atom stereocenters. The molecule has 318 valence electrons. The SMILES string of the molecule is CC(=O)C(N=Nc1cc(C(=O)Nc2c(Cl)cccc2Cl)ccc1Cl)C(=O)Nc1cc(C)c(NC(=O)C(N=Nc2cc(C(=O)Nc3c(Cl)cccc3Cl)ccc2Cl)C(C)=O)cc1C. The van der Waals surface area contributed by atoms with E-state index in [0.717, 1.165) is 13.8 Å². The fraction of sp³-hybridized carbons (Fsp3) is 0.143. The molecule has 0 saturated heterocycles. The van der Waals surface area contributed by atoms with E-state index < -0.39 is 47.3 Å². The molecule has 2 unspecified atom stereocenters. The quantitative estimate of drug-likeness (QED) is 0.0630. The molecule has 4 amide bonds. The molecule has 0 bridgehead atoms. The van der Waals surface area contributed by atoms with E-state index in [1.807, 2.05) is 0 Å². The summed E-state index contributed by atoms with van der Waals surface area (Å²) in [5, 5.41) is 27.5. The fourth-order valence-electron chi connectivity index (χ4n) is 5.43. The number of azo groups is 2. The predicted octanol–water partition coefficient (Wildman–Crippen LogP) is 12.1. The number of hydrogen-bond donors (Lipinski definition) is 4. The van der Waals surface area contributed by atoms with Gasteiger partial charge < -0.3 is 21.3 Å². The van der Waals surface area contributed by atoms with E-state index in [2.05, 4.69) is 41.7 Å². The molecule has 14 nitrogen and oxygen atoms in total. The molecular weight excluding hydrogens is 925 g/mol. The maximum atomic E-state index is 13.4. The number of nitrogens with one attached hydrogen (secondary N) is 4. The first-order valence-electron chi connectivity index (χ1n) is 18.0. The Hall–Kier alpha value is -5.74. The largest absolute Gasteiger partial charge is 0.324 e. The van der Waals surface area contributed by atoms with E-state index in [1.165, 1.54) is 48.5 Å². The zero-order valence-corrected chi connectivity index (χ0v) is 37.3. The van der Waals surface area contributed by atoms with Crippen LogP contribution in [0.25, 0.3) is 0 Å². The molecule has 0 aliphatic rings. The summed E-state index contributed by atoms with van der Waals surface area (Å²) < 4.78 is 0. The summed E-state index contributed by atoms with van der Waals surface area (Å²) in [6.07, 6.45) is 0. The summed E-state index contributed by atoms with van der Waals surface area (Å²) >= 11 is 37.3. The number of benzene rings is 5. The highest BCUT2D eigenvalue weighted by Gasteiger charge is 2.27. The molecule has 0 spiro atoms. The number of hydrogen-bond acceptors (Lipinski definition) is 10. The maximum absolute atomic E-state index is 13.4. The van der Waals surface area contributed by atoms with Crippen LogP contribution in [0.1, 0.15) is 45.7 Å². The molecule has 5 aromatic rings. The smallest absolute Gasteiger partial charge is 0.258 e. The van der Waals surface area contributed by atoms with Crippen molar-refractivity contribution in [2.75, 3.05) is 21.3 Å². The van der Waals surface area contributed by atoms with E-state index >= 15 is 0 Å². The van der Waals surface area contributed by atoms with Crippen LogP contribution in [-0.2, 0) is 19.2 Å². The number of nitrogens with zero attached hydrogens (tertiary/aromatic N) is 4. The first kappa shape index (κ1) is 47.3. The van der Waals surface area contributed by atoms with Crippen LogP contribution in [0.4, 0.5) is 34.1 Å². The van der Waals surface area contributed by atoms with Crippen molar-refractivity contribution in [2.45, 2.75) is 39.8 Å². The molecule has 0 saturated carbocycles. The molecule has 0 radical (unpaired) electrons. The van der Waals surface area contributed by atoms with Crippen LogP contribution in [0.2, 0.25) is 30.1 Å². The van der Waals surface area contributed by atoms with Gasteiger partial charge in [-0.05, 0) is 112 Å². The number of anilines is 4. The first-order valence-corrected chi connectivity index (χ1v) is 20.3. The van der Waals surface area contributed by atoms with E-state index in [1.54, 1.807) is 50.2 Å². The van der Waals surface area contributed by atoms with Crippen LogP contribution in [0.15, 0.2) is 105 Å². The third-order valence-electron chi connectivity index (χ3n) is 8.74. The molecule has 62 heavy (non-hydrogen) atoms. The van der Waals surface area contributed by atoms with Crippen molar-refractivity contribution in [1.82, 2.24) is 0 Å². The number of carbonyl (C=O) groups is 6. The number of ketones is 2. The van der Waals surface area contributed by atoms with Crippen LogP contribution >= 0.6 is 69.6 Å². The highest BCUT2D eigenvalue weighted by Crippen LogP contribution is 2.34. The number of Topliss-reactive ketones (excluding diaryl/α,β-unsaturated/α-hetero) is 2. The summed E-state index contributed by atoms with van der Waals surface area (Å²) in [4.78, 5) is 78.0. The third kappa shape index (κ3) is 11.8. The minimum atomic E-state index is -1.62. The number of aryl methyl sites for hydroxylation is 2. The topological polar surface area (TPSA) is 200 Å². The van der Waals surface area contributed by atoms with Gasteiger partial charge in [-0.3, -0.25) is 28.8 Å². The lowest BCUT2D eigenvalue weighted by Gasteiger charge is -2.16. The van der Waals surface area contributed by atoms with Gasteiger partial charge in [0.1, 0.15) is 11.4 Å². The second kappa shape index (κ2) is 20.9. The minimum absolute atomic E-state index is 0.00139. The highest BCUT2D eigenvalue weighted by molar-refractivity contribution is 6.41. The van der Waals surface area contributed by atoms with Crippen molar-refractivity contribution >= 4 is 139 Å². The standard InChI is InChI=1S/C42H32Cl6N8O6/c1-19-15-32(50-42(62)36(22(4)58)56-54-34-18-24(12-14-26(34)44)40(60)52-38-29(47)9-6-10-30(38)48)20(2)16-31(19)49-41(61)35(21(3)57)55-53-33-17-23(11-13-25(33)43)39(59)51-37-27(45)7-5-8-28(37)46/h5-18,35-36H,1-4H3,(H,49,61)(H,50,62)(H,51,59)(H,52,60).